The smallest absolute Gasteiger partial charge is 0.192 e. The van der Waals surface area contributed by atoms with E-state index in [0.29, 0.717) is 6.61 Å². The summed E-state index contributed by atoms with van der Waals surface area (Å²) in [5.41, 5.74) is -1.18. The highest BCUT2D eigenvalue weighted by molar-refractivity contribution is 6.74. The van der Waals surface area contributed by atoms with Crippen LogP contribution in [0.2, 0.25) is 36.3 Å². The van der Waals surface area contributed by atoms with Crippen molar-refractivity contribution in [2.24, 2.45) is 0 Å². The van der Waals surface area contributed by atoms with Crippen LogP contribution in [0.15, 0.2) is 12.2 Å². The van der Waals surface area contributed by atoms with Crippen LogP contribution in [0.4, 0.5) is 0 Å². The van der Waals surface area contributed by atoms with Crippen LogP contribution in [-0.4, -0.2) is 60.1 Å². The lowest BCUT2D eigenvalue weighted by Gasteiger charge is -2.41. The molecule has 0 amide bonds. The summed E-state index contributed by atoms with van der Waals surface area (Å²) in [5.74, 6) is 0. The molecule has 0 radical (unpaired) electrons. The van der Waals surface area contributed by atoms with Gasteiger partial charge in [-0.1, -0.05) is 53.7 Å². The molecule has 7 heteroatoms. The quantitative estimate of drug-likeness (QED) is 0.327. The third-order valence-corrected chi connectivity index (χ3v) is 15.9. The first-order chi connectivity index (χ1) is 13.5. The third kappa shape index (κ3) is 8.84. The molecule has 30 heavy (non-hydrogen) atoms. The monoisotopic (exact) mass is 460 g/mol. The number of hydrogen-bond acceptors (Lipinski definition) is 5. The molecule has 0 aromatic rings. The molecule has 1 rings (SSSR count). The Morgan fingerprint density at radius 3 is 1.80 bits per heavy atom. The van der Waals surface area contributed by atoms with Gasteiger partial charge in [0.05, 0.1) is 19.8 Å². The first-order valence-electron chi connectivity index (χ1n) is 11.4. The summed E-state index contributed by atoms with van der Waals surface area (Å²) in [6.45, 7) is 23.7. The second kappa shape index (κ2) is 10.7. The summed E-state index contributed by atoms with van der Waals surface area (Å²) < 4.78 is 24.1. The van der Waals surface area contributed by atoms with Crippen LogP contribution in [-0.2, 0) is 18.3 Å². The molecule has 0 aliphatic carbocycles. The molecule has 0 aromatic heterocycles. The highest BCUT2D eigenvalue weighted by Crippen LogP contribution is 2.39. The molecule has 0 aromatic carbocycles. The molecule has 0 spiro atoms. The lowest BCUT2D eigenvalue weighted by molar-refractivity contribution is -0.155. The van der Waals surface area contributed by atoms with E-state index >= 15 is 0 Å². The number of rotatable bonds is 10. The average molecular weight is 461 g/mol. The summed E-state index contributed by atoms with van der Waals surface area (Å²) in [5, 5.41) is 11.6. The molecule has 1 atom stereocenters. The van der Waals surface area contributed by atoms with E-state index in [9.17, 15) is 5.11 Å². The minimum atomic E-state index is -1.99. The molecule has 1 unspecified atom stereocenters. The Morgan fingerprint density at radius 1 is 0.900 bits per heavy atom. The Balaban J connectivity index is 2.81. The molecule has 0 bridgehead atoms. The maximum Gasteiger partial charge on any atom is 0.192 e. The minimum Gasteiger partial charge on any atom is -0.413 e. The highest BCUT2D eigenvalue weighted by Gasteiger charge is 2.42. The van der Waals surface area contributed by atoms with Crippen LogP contribution in [0, 0.1) is 0 Å². The number of ether oxygens (including phenoxy) is 2. The van der Waals surface area contributed by atoms with Gasteiger partial charge in [0.15, 0.2) is 22.9 Å². The van der Waals surface area contributed by atoms with Crippen molar-refractivity contribution in [2.45, 2.75) is 109 Å². The van der Waals surface area contributed by atoms with E-state index in [-0.39, 0.29) is 29.6 Å². The van der Waals surface area contributed by atoms with E-state index < -0.39 is 22.2 Å². The van der Waals surface area contributed by atoms with Crippen LogP contribution in [0.25, 0.3) is 0 Å². The minimum absolute atomic E-state index is 0.0827. The molecule has 0 saturated carbocycles. The molecule has 1 saturated heterocycles. The van der Waals surface area contributed by atoms with Crippen molar-refractivity contribution in [1.82, 2.24) is 0 Å². The third-order valence-electron chi connectivity index (χ3n) is 6.92. The molecule has 1 N–H and O–H groups in total. The van der Waals surface area contributed by atoms with Crippen molar-refractivity contribution in [2.75, 3.05) is 26.4 Å². The van der Waals surface area contributed by atoms with E-state index in [1.54, 1.807) is 6.08 Å². The van der Waals surface area contributed by atoms with E-state index in [1.165, 1.54) is 0 Å². The van der Waals surface area contributed by atoms with Gasteiger partial charge in [-0.3, -0.25) is 0 Å². The van der Waals surface area contributed by atoms with E-state index in [2.05, 4.69) is 67.7 Å². The zero-order chi connectivity index (χ0) is 23.3. The van der Waals surface area contributed by atoms with E-state index in [1.807, 2.05) is 6.08 Å². The Kier molecular flexibility index (Phi) is 10.0. The van der Waals surface area contributed by atoms with Crippen molar-refractivity contribution in [3.05, 3.63) is 12.2 Å². The van der Waals surface area contributed by atoms with Crippen molar-refractivity contribution < 1.29 is 23.4 Å². The lowest BCUT2D eigenvalue weighted by atomic mass is 10.1. The van der Waals surface area contributed by atoms with Gasteiger partial charge >= 0.3 is 0 Å². The standard InChI is InChI=1S/C23H48O5Si2/c1-21(2,3)29(7,8)27-18-23(24,19-28-30(9,10)22(4,5)6)15-13-17-26-20-14-11-12-16-25-20/h13,15,20,24H,11-12,14,16-19H2,1-10H3/b15-13-. The van der Waals surface area contributed by atoms with Crippen molar-refractivity contribution in [3.8, 4) is 0 Å². The van der Waals surface area contributed by atoms with Crippen molar-refractivity contribution in [1.29, 1.82) is 0 Å². The molecule has 1 aliphatic rings. The Labute approximate surface area is 187 Å². The van der Waals surface area contributed by atoms with Gasteiger partial charge in [-0.25, -0.2) is 0 Å². The first kappa shape index (κ1) is 28.0. The van der Waals surface area contributed by atoms with E-state index in [4.69, 9.17) is 18.3 Å². The summed E-state index contributed by atoms with van der Waals surface area (Å²) in [4.78, 5) is 0. The maximum absolute atomic E-state index is 11.4. The number of aliphatic hydroxyl groups is 1. The molecular weight excluding hydrogens is 412 g/mol. The zero-order valence-electron chi connectivity index (χ0n) is 21.3. The second-order valence-electron chi connectivity index (χ2n) is 11.7. The molecule has 5 nitrogen and oxygen atoms in total. The van der Waals surface area contributed by atoms with Gasteiger partial charge in [0.1, 0.15) is 5.60 Å². The summed E-state index contributed by atoms with van der Waals surface area (Å²) in [6, 6.07) is 0. The SMILES string of the molecule is CC(C)(C)[Si](C)(C)OCC(O)(/C=C\COC1CCCCO1)CO[Si](C)(C)C(C)(C)C. The van der Waals surface area contributed by atoms with Crippen molar-refractivity contribution in [3.63, 3.8) is 0 Å². The summed E-state index contributed by atoms with van der Waals surface area (Å²) >= 11 is 0. The molecule has 1 heterocycles. The normalized spacial score (nSPS) is 20.2. The molecule has 178 valence electrons. The zero-order valence-corrected chi connectivity index (χ0v) is 23.3. The molecular formula is C23H48O5Si2. The molecule has 1 aliphatic heterocycles. The van der Waals surface area contributed by atoms with Crippen LogP contribution < -0.4 is 0 Å². The van der Waals surface area contributed by atoms with Gasteiger partial charge in [0, 0.05) is 6.61 Å². The average Bonchev–Trinajstić information content (AvgIpc) is 2.61. The fraction of sp³-hybridized carbons (Fsp3) is 0.913. The summed E-state index contributed by atoms with van der Waals surface area (Å²) in [6.07, 6.45) is 6.71. The van der Waals surface area contributed by atoms with Gasteiger partial charge in [0.2, 0.25) is 0 Å². The van der Waals surface area contributed by atoms with Gasteiger partial charge in [-0.2, -0.15) is 0 Å². The van der Waals surface area contributed by atoms with Crippen LogP contribution in [0.3, 0.4) is 0 Å². The predicted molar refractivity (Wildman–Crippen MR) is 130 cm³/mol. The highest BCUT2D eigenvalue weighted by atomic mass is 28.4. The lowest BCUT2D eigenvalue weighted by Crippen LogP contribution is -2.50. The van der Waals surface area contributed by atoms with Crippen LogP contribution in [0.1, 0.15) is 60.8 Å². The van der Waals surface area contributed by atoms with Gasteiger partial charge in [0.25, 0.3) is 0 Å². The van der Waals surface area contributed by atoms with Gasteiger partial charge in [-0.15, -0.1) is 0 Å². The Bertz CT molecular complexity index is 511. The Hall–Kier alpha value is -0.0262. The van der Waals surface area contributed by atoms with E-state index in [0.717, 1.165) is 25.9 Å². The number of hydrogen-bond donors (Lipinski definition) is 1. The van der Waals surface area contributed by atoms with Crippen molar-refractivity contribution >= 4 is 16.6 Å². The second-order valence-corrected chi connectivity index (χ2v) is 21.4. The first-order valence-corrected chi connectivity index (χ1v) is 17.2. The predicted octanol–water partition coefficient (Wildman–Crippen LogP) is 5.86. The van der Waals surface area contributed by atoms with Crippen LogP contribution in [0.5, 0.6) is 0 Å². The fourth-order valence-electron chi connectivity index (χ4n) is 2.45. The van der Waals surface area contributed by atoms with Gasteiger partial charge in [-0.05, 0) is 55.5 Å². The van der Waals surface area contributed by atoms with Crippen LogP contribution >= 0.6 is 0 Å². The molecule has 1 fully saturated rings. The fourth-order valence-corrected chi connectivity index (χ4v) is 4.54. The Morgan fingerprint density at radius 2 is 1.40 bits per heavy atom. The maximum atomic E-state index is 11.4. The summed E-state index contributed by atoms with van der Waals surface area (Å²) in [7, 11) is -3.98. The largest absolute Gasteiger partial charge is 0.413 e. The topological polar surface area (TPSA) is 57.2 Å². The van der Waals surface area contributed by atoms with Gasteiger partial charge < -0.3 is 23.4 Å².